The Balaban J connectivity index is 3.23. The number of nitrogens with two attached hydrogens (primary N) is 5. The van der Waals surface area contributed by atoms with Crippen LogP contribution < -0.4 is 60.6 Å². The van der Waals surface area contributed by atoms with Gasteiger partial charge in [-0.15, -0.1) is 0 Å². The van der Waals surface area contributed by atoms with Crippen LogP contribution in [0.5, 0.6) is 5.75 Å². The van der Waals surface area contributed by atoms with Gasteiger partial charge in [0.15, 0.2) is 5.96 Å². The molecule has 0 aliphatic heterocycles. The summed E-state index contributed by atoms with van der Waals surface area (Å²) in [6, 6.07) is -4.37. The molecule has 0 bridgehead atoms. The molecule has 60 heavy (non-hydrogen) atoms. The van der Waals surface area contributed by atoms with Crippen molar-refractivity contribution in [2.24, 2.45) is 33.7 Å². The van der Waals surface area contributed by atoms with Crippen molar-refractivity contribution in [2.75, 3.05) is 13.1 Å². The number of nitrogens with one attached hydrogen (secondary N) is 6. The van der Waals surface area contributed by atoms with Crippen LogP contribution in [0.4, 0.5) is 0 Å². The Bertz CT molecular complexity index is 1690. The standard InChI is InChI=1S/C36H58N12O12/c1-18(43-31(55)22(38)6-3-4-14-37)30(54)47-26(17-27(39)50)34(58)48-25(16-20-8-10-21(49)11-9-20)33(57)44-19(2)29(53)45-23(12-13-28(51)52)32(56)46-24(35(59)60)7-5-15-42-36(40)41/h8-11,18-19,22-26,49H,3-7,12-17,37-38H2,1-2H3,(H2,39,50)(H,43,55)(H,44,57)(H,45,53)(H,46,56)(H,47,54)(H,48,58)(H,51,52)(H,59,60)(H4,40,41,42)/t18-,19-,22-,23-,24-,25-,26-/m0/s1. The maximum absolute atomic E-state index is 13.7. The number of aromatic hydroxyl groups is 1. The van der Waals surface area contributed by atoms with E-state index in [0.29, 0.717) is 31.4 Å². The SMILES string of the molecule is C[C@H](NC(=O)[C@H](Cc1ccc(O)cc1)NC(=O)[C@H](CC(N)=O)NC(=O)[C@H](C)NC(=O)[C@@H](N)CCCCN)C(=O)N[C@@H](CCC(=O)O)C(=O)N[C@@H](CCCN=C(N)N)C(=O)O. The molecule has 19 N–H and O–H groups in total. The fourth-order valence-electron chi connectivity index (χ4n) is 5.33. The predicted octanol–water partition coefficient (Wildman–Crippen LogP) is -4.78. The predicted molar refractivity (Wildman–Crippen MR) is 214 cm³/mol. The highest BCUT2D eigenvalue weighted by molar-refractivity contribution is 5.98. The Kier molecular flexibility index (Phi) is 22.7. The topological polar surface area (TPSA) is 429 Å². The number of unbranched alkanes of at least 4 members (excludes halogenated alkanes) is 1. The smallest absolute Gasteiger partial charge is 0.326 e. The molecule has 0 aromatic heterocycles. The first-order chi connectivity index (χ1) is 28.1. The van der Waals surface area contributed by atoms with E-state index in [0.717, 1.165) is 0 Å². The lowest BCUT2D eigenvalue weighted by atomic mass is 10.0. The van der Waals surface area contributed by atoms with Crippen molar-refractivity contribution >= 4 is 59.2 Å². The Labute approximate surface area is 345 Å². The van der Waals surface area contributed by atoms with E-state index in [-0.39, 0.29) is 37.5 Å². The summed E-state index contributed by atoms with van der Waals surface area (Å²) in [7, 11) is 0. The summed E-state index contributed by atoms with van der Waals surface area (Å²) in [6.45, 7) is 2.98. The number of carbonyl (C=O) groups excluding carboxylic acids is 7. The number of nitrogens with zero attached hydrogens (tertiary/aromatic N) is 1. The van der Waals surface area contributed by atoms with Gasteiger partial charge in [-0.05, 0) is 70.2 Å². The molecule has 1 aromatic rings. The number of hydrogen-bond donors (Lipinski definition) is 14. The first-order valence-electron chi connectivity index (χ1n) is 19.0. The molecule has 0 aliphatic carbocycles. The van der Waals surface area contributed by atoms with Crippen molar-refractivity contribution in [3.05, 3.63) is 29.8 Å². The summed E-state index contributed by atoms with van der Waals surface area (Å²) in [5.41, 5.74) is 27.6. The Morgan fingerprint density at radius 3 is 1.68 bits per heavy atom. The summed E-state index contributed by atoms with van der Waals surface area (Å²) in [5, 5.41) is 42.7. The van der Waals surface area contributed by atoms with Gasteiger partial charge in [0.2, 0.25) is 41.4 Å². The molecule has 0 unspecified atom stereocenters. The molecule has 1 rings (SSSR count). The van der Waals surface area contributed by atoms with E-state index in [9.17, 15) is 58.5 Å². The van der Waals surface area contributed by atoms with E-state index >= 15 is 0 Å². The largest absolute Gasteiger partial charge is 0.508 e. The van der Waals surface area contributed by atoms with Crippen molar-refractivity contribution < 1.29 is 58.5 Å². The number of hydrogen-bond acceptors (Lipinski definition) is 13. The number of carbonyl (C=O) groups is 9. The first-order valence-corrected chi connectivity index (χ1v) is 19.0. The fraction of sp³-hybridized carbons (Fsp3) is 0.556. The summed E-state index contributed by atoms with van der Waals surface area (Å²) in [4.78, 5) is 118. The van der Waals surface area contributed by atoms with Gasteiger partial charge in [0, 0.05) is 19.4 Å². The van der Waals surface area contributed by atoms with Crippen LogP contribution in [0.3, 0.4) is 0 Å². The van der Waals surface area contributed by atoms with Gasteiger partial charge in [0.1, 0.15) is 42.0 Å². The van der Waals surface area contributed by atoms with Gasteiger partial charge in [-0.25, -0.2) is 4.79 Å². The molecule has 0 aliphatic rings. The third-order valence-electron chi connectivity index (χ3n) is 8.70. The average Bonchev–Trinajstić information content (AvgIpc) is 3.16. The molecule has 0 heterocycles. The van der Waals surface area contributed by atoms with Crippen molar-refractivity contribution in [1.29, 1.82) is 0 Å². The van der Waals surface area contributed by atoms with E-state index in [1.54, 1.807) is 0 Å². The van der Waals surface area contributed by atoms with Gasteiger partial charge in [0.05, 0.1) is 12.5 Å². The lowest BCUT2D eigenvalue weighted by Gasteiger charge is -2.26. The molecule has 0 fully saturated rings. The highest BCUT2D eigenvalue weighted by Crippen LogP contribution is 2.12. The molecular formula is C36H58N12O12. The Hall–Kier alpha value is -6.56. The number of carboxylic acids is 2. The van der Waals surface area contributed by atoms with Crippen molar-refractivity contribution in [3.8, 4) is 5.75 Å². The van der Waals surface area contributed by atoms with Crippen molar-refractivity contribution in [2.45, 2.75) is 114 Å². The summed E-state index contributed by atoms with van der Waals surface area (Å²) in [6.07, 6.45) is -0.557. The highest BCUT2D eigenvalue weighted by Gasteiger charge is 2.33. The second-order valence-corrected chi connectivity index (χ2v) is 13.9. The molecule has 0 saturated carbocycles. The second-order valence-electron chi connectivity index (χ2n) is 13.9. The first kappa shape index (κ1) is 51.5. The minimum absolute atomic E-state index is 0.0536. The van der Waals surface area contributed by atoms with E-state index in [4.69, 9.17) is 28.7 Å². The van der Waals surface area contributed by atoms with E-state index < -0.39 is 115 Å². The zero-order chi connectivity index (χ0) is 45.5. The third kappa shape index (κ3) is 20.2. The Morgan fingerprint density at radius 2 is 1.15 bits per heavy atom. The van der Waals surface area contributed by atoms with Crippen LogP contribution in [-0.2, 0) is 49.6 Å². The number of benzene rings is 1. The maximum atomic E-state index is 13.7. The number of amides is 7. The summed E-state index contributed by atoms with van der Waals surface area (Å²) >= 11 is 0. The molecule has 1 aromatic carbocycles. The van der Waals surface area contributed by atoms with Gasteiger partial charge in [-0.1, -0.05) is 18.6 Å². The zero-order valence-corrected chi connectivity index (χ0v) is 33.5. The molecule has 0 saturated heterocycles. The minimum atomic E-state index is -1.65. The molecule has 24 heteroatoms. The van der Waals surface area contributed by atoms with Gasteiger partial charge in [0.25, 0.3) is 0 Å². The van der Waals surface area contributed by atoms with Crippen molar-refractivity contribution in [3.63, 3.8) is 0 Å². The molecular weight excluding hydrogens is 792 g/mol. The van der Waals surface area contributed by atoms with Gasteiger partial charge >= 0.3 is 11.9 Å². The van der Waals surface area contributed by atoms with Crippen molar-refractivity contribution in [1.82, 2.24) is 31.9 Å². The molecule has 24 nitrogen and oxygen atoms in total. The monoisotopic (exact) mass is 850 g/mol. The average molecular weight is 851 g/mol. The highest BCUT2D eigenvalue weighted by atomic mass is 16.4. The number of primary amides is 1. The zero-order valence-electron chi connectivity index (χ0n) is 33.5. The molecule has 7 atom stereocenters. The molecule has 7 amide bonds. The number of aliphatic carboxylic acids is 2. The summed E-state index contributed by atoms with van der Waals surface area (Å²) in [5.74, 6) is -9.72. The quantitative estimate of drug-likeness (QED) is 0.0214. The number of aliphatic imine (C=N–C) groups is 1. The Morgan fingerprint density at radius 1 is 0.633 bits per heavy atom. The second kappa shape index (κ2) is 26.4. The fourth-order valence-corrected chi connectivity index (χ4v) is 5.33. The van der Waals surface area contributed by atoms with E-state index in [1.807, 2.05) is 0 Å². The van der Waals surface area contributed by atoms with E-state index in [1.165, 1.54) is 38.1 Å². The number of phenolic OH excluding ortho intramolecular Hbond substituents is 1. The van der Waals surface area contributed by atoms with E-state index in [2.05, 4.69) is 36.9 Å². The van der Waals surface area contributed by atoms with Crippen LogP contribution in [0, 0.1) is 0 Å². The van der Waals surface area contributed by atoms with Crippen LogP contribution in [0.15, 0.2) is 29.3 Å². The molecule has 334 valence electrons. The minimum Gasteiger partial charge on any atom is -0.508 e. The maximum Gasteiger partial charge on any atom is 0.326 e. The van der Waals surface area contributed by atoms with Gasteiger partial charge in [-0.2, -0.15) is 0 Å². The number of rotatable bonds is 28. The summed E-state index contributed by atoms with van der Waals surface area (Å²) < 4.78 is 0. The number of guanidine groups is 1. The van der Waals surface area contributed by atoms with Gasteiger partial charge < -0.3 is 75.9 Å². The lowest BCUT2D eigenvalue weighted by Crippen LogP contribution is -2.60. The van der Waals surface area contributed by atoms with Crippen LogP contribution in [0.2, 0.25) is 0 Å². The van der Waals surface area contributed by atoms with Gasteiger partial charge in [-0.3, -0.25) is 43.3 Å². The number of carboxylic acid groups (broad SMARTS) is 2. The van der Waals surface area contributed by atoms with Crippen LogP contribution in [0.1, 0.15) is 70.8 Å². The lowest BCUT2D eigenvalue weighted by molar-refractivity contribution is -0.143. The van der Waals surface area contributed by atoms with Crippen LogP contribution in [0.25, 0.3) is 0 Å². The van der Waals surface area contributed by atoms with Crippen LogP contribution >= 0.6 is 0 Å². The third-order valence-corrected chi connectivity index (χ3v) is 8.70. The molecule has 0 radical (unpaired) electrons. The molecule has 0 spiro atoms. The van der Waals surface area contributed by atoms with Crippen LogP contribution in [-0.4, -0.2) is 130 Å². The number of phenols is 1. The normalized spacial score (nSPS) is 14.3.